The molecule has 1 aliphatic carbocycles. The third-order valence-electron chi connectivity index (χ3n) is 7.44. The predicted octanol–water partition coefficient (Wildman–Crippen LogP) is 5.73. The van der Waals surface area contributed by atoms with Crippen LogP contribution in [0.2, 0.25) is 5.02 Å². The smallest absolute Gasteiger partial charge is 0.434 e. The van der Waals surface area contributed by atoms with Crippen LogP contribution in [-0.4, -0.2) is 85.5 Å². The highest BCUT2D eigenvalue weighted by atomic mass is 35.5. The largest absolute Gasteiger partial charge is 0.443 e. The van der Waals surface area contributed by atoms with E-state index in [2.05, 4.69) is 10.3 Å². The molecule has 2 rings (SSSR count). The quantitative estimate of drug-likeness (QED) is 0.106. The zero-order valence-electron chi connectivity index (χ0n) is 26.9. The normalized spacial score (nSPS) is 15.7. The number of hydrogen-bond acceptors (Lipinski definition) is 9. The SMILES string of the molecule is CCOCCN(C)C(=O)CC[C@H](NC(=O)/C(CC1CCCCC1)=N/C(=O)OCc1cccc(Cl)c1)C(O)P(=O)(OCC)OCC. The molecule has 0 aromatic heterocycles. The molecular weight excluding hydrogens is 625 g/mol. The molecular formula is C31H49ClN3O9P. The van der Waals surface area contributed by atoms with Gasteiger partial charge in [-0.05, 0) is 57.2 Å². The first-order valence-corrected chi connectivity index (χ1v) is 17.7. The summed E-state index contributed by atoms with van der Waals surface area (Å²) >= 11 is 6.02. The molecule has 0 radical (unpaired) electrons. The van der Waals surface area contributed by atoms with Gasteiger partial charge in [-0.1, -0.05) is 55.8 Å². The van der Waals surface area contributed by atoms with Crippen molar-refractivity contribution >= 4 is 42.8 Å². The Kier molecular flexibility index (Phi) is 17.9. The average molecular weight is 674 g/mol. The van der Waals surface area contributed by atoms with Gasteiger partial charge in [-0.2, -0.15) is 4.99 Å². The van der Waals surface area contributed by atoms with E-state index in [4.69, 9.17) is 30.1 Å². The number of likely N-dealkylation sites (N-methyl/N-ethyl adjacent to an activating group) is 1. The van der Waals surface area contributed by atoms with Gasteiger partial charge in [-0.25, -0.2) is 4.79 Å². The number of aliphatic hydroxyl groups is 1. The minimum Gasteiger partial charge on any atom is -0.443 e. The summed E-state index contributed by atoms with van der Waals surface area (Å²) in [5.41, 5.74) is 0.587. The Morgan fingerprint density at radius 2 is 1.80 bits per heavy atom. The number of amides is 3. The molecule has 45 heavy (non-hydrogen) atoms. The number of carbonyl (C=O) groups is 3. The summed E-state index contributed by atoms with van der Waals surface area (Å²) in [6.07, 6.45) is 3.97. The van der Waals surface area contributed by atoms with Crippen molar-refractivity contribution < 1.29 is 42.6 Å². The van der Waals surface area contributed by atoms with Crippen molar-refractivity contribution in [1.29, 1.82) is 0 Å². The molecule has 2 N–H and O–H groups in total. The van der Waals surface area contributed by atoms with Crippen LogP contribution in [0.15, 0.2) is 29.3 Å². The van der Waals surface area contributed by atoms with Crippen molar-refractivity contribution in [3.63, 3.8) is 0 Å². The Morgan fingerprint density at radius 1 is 1.11 bits per heavy atom. The summed E-state index contributed by atoms with van der Waals surface area (Å²) in [5, 5.41) is 14.4. The highest BCUT2D eigenvalue weighted by Crippen LogP contribution is 2.53. The van der Waals surface area contributed by atoms with E-state index in [0.29, 0.717) is 30.3 Å². The summed E-state index contributed by atoms with van der Waals surface area (Å²) in [7, 11) is -2.49. The van der Waals surface area contributed by atoms with E-state index < -0.39 is 31.5 Å². The molecule has 3 amide bonds. The van der Waals surface area contributed by atoms with Gasteiger partial charge in [0.1, 0.15) is 12.3 Å². The van der Waals surface area contributed by atoms with Crippen LogP contribution in [0.5, 0.6) is 0 Å². The van der Waals surface area contributed by atoms with E-state index in [1.807, 2.05) is 6.92 Å². The average Bonchev–Trinajstić information content (AvgIpc) is 3.02. The molecule has 254 valence electrons. The molecule has 0 heterocycles. The van der Waals surface area contributed by atoms with Gasteiger partial charge in [-0.3, -0.25) is 14.2 Å². The Hall–Kier alpha value is -2.34. The van der Waals surface area contributed by atoms with Gasteiger partial charge in [0, 0.05) is 31.6 Å². The van der Waals surface area contributed by atoms with Gasteiger partial charge >= 0.3 is 13.7 Å². The second-order valence-electron chi connectivity index (χ2n) is 10.9. The zero-order valence-corrected chi connectivity index (χ0v) is 28.5. The number of carbonyl (C=O) groups excluding carboxylic acids is 3. The maximum Gasteiger partial charge on any atom is 0.434 e. The highest BCUT2D eigenvalue weighted by molar-refractivity contribution is 7.54. The molecule has 1 fully saturated rings. The molecule has 1 aromatic carbocycles. The Balaban J connectivity index is 2.29. The van der Waals surface area contributed by atoms with Crippen LogP contribution < -0.4 is 5.32 Å². The minimum atomic E-state index is -4.12. The topological polar surface area (TPSA) is 153 Å². The van der Waals surface area contributed by atoms with E-state index in [1.165, 1.54) is 4.90 Å². The van der Waals surface area contributed by atoms with Gasteiger partial charge < -0.3 is 33.8 Å². The van der Waals surface area contributed by atoms with Gasteiger partial charge in [0.2, 0.25) is 5.91 Å². The summed E-state index contributed by atoms with van der Waals surface area (Å²) in [6.45, 7) is 6.19. The van der Waals surface area contributed by atoms with Crippen molar-refractivity contribution in [1.82, 2.24) is 10.2 Å². The Morgan fingerprint density at radius 3 is 2.42 bits per heavy atom. The van der Waals surface area contributed by atoms with Gasteiger partial charge in [-0.15, -0.1) is 0 Å². The highest BCUT2D eigenvalue weighted by Gasteiger charge is 2.41. The molecule has 2 atom stereocenters. The van der Waals surface area contributed by atoms with E-state index in [9.17, 15) is 24.1 Å². The number of nitrogens with zero attached hydrogens (tertiary/aromatic N) is 2. The number of hydrogen-bond donors (Lipinski definition) is 2. The molecule has 1 saturated carbocycles. The summed E-state index contributed by atoms with van der Waals surface area (Å²) < 4.78 is 34.9. The zero-order chi connectivity index (χ0) is 33.2. The minimum absolute atomic E-state index is 0.0129. The van der Waals surface area contributed by atoms with Crippen LogP contribution in [0.1, 0.15) is 77.7 Å². The first kappa shape index (κ1) is 38.8. The first-order chi connectivity index (χ1) is 21.5. The van der Waals surface area contributed by atoms with Crippen molar-refractivity contribution in [3.05, 3.63) is 34.9 Å². The molecule has 0 saturated heterocycles. The fraction of sp³-hybridized carbons (Fsp3) is 0.677. The summed E-state index contributed by atoms with van der Waals surface area (Å²) in [4.78, 5) is 44.9. The number of halogens is 1. The summed E-state index contributed by atoms with van der Waals surface area (Å²) in [6, 6.07) is 5.61. The third kappa shape index (κ3) is 13.9. The van der Waals surface area contributed by atoms with E-state index in [1.54, 1.807) is 45.2 Å². The van der Waals surface area contributed by atoms with Gasteiger partial charge in [0.05, 0.1) is 25.9 Å². The van der Waals surface area contributed by atoms with Crippen molar-refractivity contribution in [2.24, 2.45) is 10.9 Å². The summed E-state index contributed by atoms with van der Waals surface area (Å²) in [5.74, 6) is -2.65. The Bertz CT molecular complexity index is 1150. The molecule has 0 aliphatic heterocycles. The number of benzene rings is 1. The number of aliphatic hydroxyl groups excluding tert-OH is 1. The fourth-order valence-electron chi connectivity index (χ4n) is 5.03. The van der Waals surface area contributed by atoms with E-state index in [-0.39, 0.29) is 56.6 Å². The number of rotatable bonds is 19. The van der Waals surface area contributed by atoms with E-state index >= 15 is 0 Å². The monoisotopic (exact) mass is 673 g/mol. The third-order valence-corrected chi connectivity index (χ3v) is 9.91. The van der Waals surface area contributed by atoms with Crippen LogP contribution in [0.25, 0.3) is 0 Å². The standard InChI is InChI=1S/C31H49ClN3O9P/c1-5-41-19-18-35(4)28(36)17-16-26(30(38)45(40,43-6-2)44-7-3)33-29(37)27(21-23-12-9-8-10-13-23)34-31(39)42-22-24-14-11-15-25(32)20-24/h11,14-15,20,23,26,30,38H,5-10,12-13,16-19,21-22H2,1-4H3,(H,33,37)/b34-27+/t26-,30?/m0/s1. The molecule has 0 spiro atoms. The lowest BCUT2D eigenvalue weighted by molar-refractivity contribution is -0.131. The predicted molar refractivity (Wildman–Crippen MR) is 172 cm³/mol. The lowest BCUT2D eigenvalue weighted by Gasteiger charge is -2.30. The number of aliphatic imine (C=N–C) groups is 1. The van der Waals surface area contributed by atoms with Crippen LogP contribution in [-0.2, 0) is 39.3 Å². The molecule has 0 bridgehead atoms. The van der Waals surface area contributed by atoms with Crippen LogP contribution in [0.4, 0.5) is 4.79 Å². The number of nitrogens with one attached hydrogen (secondary N) is 1. The van der Waals surface area contributed by atoms with Gasteiger partial charge in [0.25, 0.3) is 5.91 Å². The molecule has 1 unspecified atom stereocenters. The van der Waals surface area contributed by atoms with Crippen molar-refractivity contribution in [3.8, 4) is 0 Å². The maximum absolute atomic E-state index is 13.7. The van der Waals surface area contributed by atoms with Gasteiger partial charge in [0.15, 0.2) is 5.85 Å². The second kappa shape index (κ2) is 20.7. The molecule has 1 aliphatic rings. The van der Waals surface area contributed by atoms with Crippen LogP contribution >= 0.6 is 19.2 Å². The molecule has 1 aromatic rings. The number of ether oxygens (including phenoxy) is 2. The second-order valence-corrected chi connectivity index (χ2v) is 13.4. The van der Waals surface area contributed by atoms with Crippen LogP contribution in [0.3, 0.4) is 0 Å². The fourth-order valence-corrected chi connectivity index (χ4v) is 7.00. The van der Waals surface area contributed by atoms with E-state index in [0.717, 1.165) is 32.1 Å². The first-order valence-electron chi connectivity index (χ1n) is 15.7. The lowest BCUT2D eigenvalue weighted by Crippen LogP contribution is -2.47. The van der Waals surface area contributed by atoms with Crippen molar-refractivity contribution in [2.45, 2.75) is 90.6 Å². The van der Waals surface area contributed by atoms with Crippen LogP contribution in [0, 0.1) is 5.92 Å². The molecule has 14 heteroatoms. The van der Waals surface area contributed by atoms with Crippen molar-refractivity contribution in [2.75, 3.05) is 40.0 Å². The Labute approximate surface area is 271 Å². The maximum atomic E-state index is 13.7. The molecule has 12 nitrogen and oxygen atoms in total. The lowest BCUT2D eigenvalue weighted by atomic mass is 9.85.